The Morgan fingerprint density at radius 3 is 2.96 bits per heavy atom. The number of carbonyl (C=O) groups excluding carboxylic acids is 1. The summed E-state index contributed by atoms with van der Waals surface area (Å²) in [4.78, 5) is 15.8. The molecule has 0 aliphatic heterocycles. The zero-order valence-corrected chi connectivity index (χ0v) is 16.4. The Bertz CT molecular complexity index is 935. The molecule has 1 fully saturated rings. The number of aromatic nitrogens is 3. The lowest BCUT2D eigenvalue weighted by molar-refractivity contribution is -0.121. The molecule has 0 bridgehead atoms. The van der Waals surface area contributed by atoms with E-state index in [0.29, 0.717) is 17.0 Å². The van der Waals surface area contributed by atoms with Crippen LogP contribution in [-0.2, 0) is 4.79 Å². The Kier molecular flexibility index (Phi) is 5.20. The van der Waals surface area contributed by atoms with Crippen molar-refractivity contribution in [2.45, 2.75) is 56.0 Å². The zero-order valence-electron chi connectivity index (χ0n) is 15.6. The van der Waals surface area contributed by atoms with Crippen LogP contribution in [0.4, 0.5) is 0 Å². The summed E-state index contributed by atoms with van der Waals surface area (Å²) in [6.45, 7) is 4.09. The molecule has 1 saturated carbocycles. The fourth-order valence-corrected chi connectivity index (χ4v) is 4.34. The molecule has 1 aromatic carbocycles. The van der Waals surface area contributed by atoms with Gasteiger partial charge in [0.15, 0.2) is 0 Å². The van der Waals surface area contributed by atoms with Crippen LogP contribution in [-0.4, -0.2) is 32.4 Å². The molecule has 0 saturated heterocycles. The Balaban J connectivity index is 1.42. The molecule has 2 heterocycles. The van der Waals surface area contributed by atoms with Gasteiger partial charge in [0, 0.05) is 23.1 Å². The number of H-pyrrole nitrogens is 1. The number of thioether (sulfide) groups is 1. The van der Waals surface area contributed by atoms with Gasteiger partial charge in [-0.15, -0.1) is 10.2 Å². The third kappa shape index (κ3) is 3.88. The summed E-state index contributed by atoms with van der Waals surface area (Å²) < 4.78 is 5.81. The normalized spacial score (nSPS) is 21.3. The van der Waals surface area contributed by atoms with Gasteiger partial charge in [-0.3, -0.25) is 4.79 Å². The Morgan fingerprint density at radius 1 is 1.30 bits per heavy atom. The largest absolute Gasteiger partial charge is 0.411 e. The minimum absolute atomic E-state index is 0.0330. The number of carbonyl (C=O) groups is 1. The molecule has 1 aliphatic rings. The van der Waals surface area contributed by atoms with Gasteiger partial charge in [0.2, 0.25) is 5.91 Å². The van der Waals surface area contributed by atoms with Gasteiger partial charge >= 0.3 is 0 Å². The molecule has 0 unspecified atom stereocenters. The van der Waals surface area contributed by atoms with E-state index in [1.54, 1.807) is 0 Å². The van der Waals surface area contributed by atoms with Gasteiger partial charge in [0.1, 0.15) is 0 Å². The molecule has 2 aromatic heterocycles. The van der Waals surface area contributed by atoms with Crippen molar-refractivity contribution in [3.05, 3.63) is 30.5 Å². The van der Waals surface area contributed by atoms with Crippen LogP contribution in [0.2, 0.25) is 0 Å². The van der Waals surface area contributed by atoms with Crippen molar-refractivity contribution >= 4 is 28.6 Å². The first kappa shape index (κ1) is 18.1. The number of hydrogen-bond donors (Lipinski definition) is 2. The van der Waals surface area contributed by atoms with E-state index in [1.165, 1.54) is 31.0 Å². The molecule has 6 nitrogen and oxygen atoms in total. The topological polar surface area (TPSA) is 83.8 Å². The summed E-state index contributed by atoms with van der Waals surface area (Å²) >= 11 is 1.30. The molecule has 0 spiro atoms. The quantitative estimate of drug-likeness (QED) is 0.637. The molecule has 2 N–H and O–H groups in total. The average molecular weight is 385 g/mol. The second-order valence-electron chi connectivity index (χ2n) is 7.26. The van der Waals surface area contributed by atoms with Crippen molar-refractivity contribution in [2.75, 3.05) is 0 Å². The molecule has 3 atom stereocenters. The average Bonchev–Trinajstić information content (AvgIpc) is 3.30. The number of nitrogens with zero attached hydrogens (tertiary/aromatic N) is 2. The van der Waals surface area contributed by atoms with Crippen molar-refractivity contribution in [3.8, 4) is 11.5 Å². The van der Waals surface area contributed by atoms with E-state index < -0.39 is 0 Å². The lowest BCUT2D eigenvalue weighted by Gasteiger charge is -2.30. The number of fused-ring (bicyclic) bond motifs is 1. The van der Waals surface area contributed by atoms with Crippen LogP contribution in [0, 0.1) is 5.92 Å². The Morgan fingerprint density at radius 2 is 2.11 bits per heavy atom. The zero-order chi connectivity index (χ0) is 18.8. The Hall–Kier alpha value is -2.28. The van der Waals surface area contributed by atoms with Gasteiger partial charge in [-0.2, -0.15) is 0 Å². The van der Waals surface area contributed by atoms with Crippen molar-refractivity contribution in [1.82, 2.24) is 20.5 Å². The van der Waals surface area contributed by atoms with Crippen LogP contribution < -0.4 is 5.32 Å². The van der Waals surface area contributed by atoms with Gasteiger partial charge in [0.05, 0.1) is 10.8 Å². The van der Waals surface area contributed by atoms with Gasteiger partial charge in [-0.25, -0.2) is 0 Å². The predicted octanol–water partition coefficient (Wildman–Crippen LogP) is 4.39. The van der Waals surface area contributed by atoms with Crippen LogP contribution in [0.1, 0.15) is 39.5 Å². The van der Waals surface area contributed by atoms with E-state index in [1.807, 2.05) is 37.4 Å². The predicted molar refractivity (Wildman–Crippen MR) is 106 cm³/mol. The molecule has 7 heteroatoms. The van der Waals surface area contributed by atoms with Crippen LogP contribution in [0.15, 0.2) is 40.1 Å². The van der Waals surface area contributed by atoms with E-state index in [4.69, 9.17) is 4.42 Å². The lowest BCUT2D eigenvalue weighted by atomic mass is 9.86. The maximum atomic E-state index is 12.5. The molecule has 142 valence electrons. The highest BCUT2D eigenvalue weighted by atomic mass is 32.2. The molecule has 0 radical (unpaired) electrons. The van der Waals surface area contributed by atoms with Gasteiger partial charge in [-0.05, 0) is 31.7 Å². The molecule has 1 aliphatic carbocycles. The molecule has 1 amide bonds. The van der Waals surface area contributed by atoms with E-state index in [2.05, 4.69) is 27.4 Å². The summed E-state index contributed by atoms with van der Waals surface area (Å²) in [6, 6.07) is 8.25. The highest BCUT2D eigenvalue weighted by Gasteiger charge is 2.26. The molecule has 27 heavy (non-hydrogen) atoms. The molecule has 4 rings (SSSR count). The van der Waals surface area contributed by atoms with E-state index in [0.717, 1.165) is 22.9 Å². The third-order valence-corrected chi connectivity index (χ3v) is 6.25. The number of para-hydroxylation sites is 1. The second-order valence-corrected chi connectivity index (χ2v) is 8.55. The first-order valence-electron chi connectivity index (χ1n) is 9.49. The summed E-state index contributed by atoms with van der Waals surface area (Å²) in [5.41, 5.74) is 1.90. The van der Waals surface area contributed by atoms with Crippen LogP contribution in [0.3, 0.4) is 0 Å². The van der Waals surface area contributed by atoms with E-state index in [9.17, 15) is 4.79 Å². The number of aromatic amines is 1. The highest BCUT2D eigenvalue weighted by molar-refractivity contribution is 8.00. The van der Waals surface area contributed by atoms with Crippen LogP contribution >= 0.6 is 11.8 Å². The maximum absolute atomic E-state index is 12.5. The monoisotopic (exact) mass is 384 g/mol. The third-order valence-electron chi connectivity index (χ3n) is 5.31. The summed E-state index contributed by atoms with van der Waals surface area (Å²) in [6.07, 6.45) is 6.57. The first-order chi connectivity index (χ1) is 13.1. The number of nitrogens with one attached hydrogen (secondary N) is 2. The molecular weight excluding hydrogens is 360 g/mol. The van der Waals surface area contributed by atoms with Crippen molar-refractivity contribution < 1.29 is 9.21 Å². The summed E-state index contributed by atoms with van der Waals surface area (Å²) in [7, 11) is 0. The highest BCUT2D eigenvalue weighted by Crippen LogP contribution is 2.31. The second kappa shape index (κ2) is 7.76. The summed E-state index contributed by atoms with van der Waals surface area (Å²) in [5, 5.41) is 12.6. The molecule has 3 aromatic rings. The lowest BCUT2D eigenvalue weighted by Crippen LogP contribution is -2.44. The number of rotatable bonds is 5. The Labute approximate surface area is 162 Å². The van der Waals surface area contributed by atoms with Crippen molar-refractivity contribution in [1.29, 1.82) is 0 Å². The van der Waals surface area contributed by atoms with Gasteiger partial charge in [0.25, 0.3) is 11.1 Å². The fourth-order valence-electron chi connectivity index (χ4n) is 3.65. The minimum Gasteiger partial charge on any atom is -0.411 e. The SMILES string of the molecule is C[C@@H]1CCCC[C@H]1NC(=O)[C@@H](C)Sc1nnc(-c2c[nH]c3ccccc23)o1. The van der Waals surface area contributed by atoms with Crippen molar-refractivity contribution in [2.24, 2.45) is 5.92 Å². The molecular formula is C20H24N4O2S. The van der Waals surface area contributed by atoms with Crippen LogP contribution in [0.5, 0.6) is 0 Å². The standard InChI is InChI=1S/C20H24N4O2S/c1-12-7-3-5-9-16(12)22-18(25)13(2)27-20-24-23-19(26-20)15-11-21-17-10-6-4-8-14(15)17/h4,6,8,10-13,16,21H,3,5,7,9H2,1-2H3,(H,22,25)/t12-,13-,16-/m1/s1. The maximum Gasteiger partial charge on any atom is 0.277 e. The number of hydrogen-bond acceptors (Lipinski definition) is 5. The fraction of sp³-hybridized carbons (Fsp3) is 0.450. The number of benzene rings is 1. The van der Waals surface area contributed by atoms with Gasteiger partial charge < -0.3 is 14.7 Å². The van der Waals surface area contributed by atoms with Gasteiger partial charge in [-0.1, -0.05) is 49.7 Å². The van der Waals surface area contributed by atoms with E-state index >= 15 is 0 Å². The van der Waals surface area contributed by atoms with Crippen molar-refractivity contribution in [3.63, 3.8) is 0 Å². The van der Waals surface area contributed by atoms with Crippen LogP contribution in [0.25, 0.3) is 22.4 Å². The summed E-state index contributed by atoms with van der Waals surface area (Å²) in [5.74, 6) is 1.03. The first-order valence-corrected chi connectivity index (χ1v) is 10.4. The smallest absolute Gasteiger partial charge is 0.277 e. The minimum atomic E-state index is -0.282. The number of amides is 1. The van der Waals surface area contributed by atoms with E-state index in [-0.39, 0.29) is 17.2 Å².